The number of carbonyl (C=O) groups excluding carboxylic acids is 1. The zero-order valence-corrected chi connectivity index (χ0v) is 17.3. The first-order chi connectivity index (χ1) is 14.0. The van der Waals surface area contributed by atoms with E-state index in [2.05, 4.69) is 15.3 Å². The highest BCUT2D eigenvalue weighted by Crippen LogP contribution is 2.31. The molecule has 2 heterocycles. The highest BCUT2D eigenvalue weighted by Gasteiger charge is 2.16. The number of ketones is 1. The third kappa shape index (κ3) is 4.72. The molecule has 150 valence electrons. The number of para-hydroxylation sites is 1. The number of allylic oxidation sites excluding steroid dienone is 1. The minimum Gasteiger partial charge on any atom is -0.487 e. The topological polar surface area (TPSA) is 73.3 Å². The molecule has 2 aromatic heterocycles. The molecule has 1 aromatic carbocycles. The van der Waals surface area contributed by atoms with Crippen molar-refractivity contribution in [1.29, 1.82) is 0 Å². The average Bonchev–Trinajstić information content (AvgIpc) is 2.71. The summed E-state index contributed by atoms with van der Waals surface area (Å²) in [6.45, 7) is 3.93. The van der Waals surface area contributed by atoms with E-state index < -0.39 is 0 Å². The van der Waals surface area contributed by atoms with Gasteiger partial charge >= 0.3 is 0 Å². The van der Waals surface area contributed by atoms with Gasteiger partial charge in [-0.25, -0.2) is 4.98 Å². The second kappa shape index (κ2) is 9.49. The van der Waals surface area contributed by atoms with Crippen molar-refractivity contribution in [3.05, 3.63) is 70.8 Å². The predicted molar refractivity (Wildman–Crippen MR) is 115 cm³/mol. The number of carbonyl (C=O) groups is 1. The Balaban J connectivity index is 1.96. The molecule has 0 radical (unpaired) electrons. The van der Waals surface area contributed by atoms with Gasteiger partial charge in [0.05, 0.1) is 5.02 Å². The van der Waals surface area contributed by atoms with E-state index in [0.29, 0.717) is 21.9 Å². The molecular weight excluding hydrogens is 390 g/mol. The van der Waals surface area contributed by atoms with Gasteiger partial charge in [-0.2, -0.15) is 0 Å². The van der Waals surface area contributed by atoms with Crippen LogP contribution in [0.5, 0.6) is 5.75 Å². The number of hydrogen-bond acceptors (Lipinski definition) is 6. The summed E-state index contributed by atoms with van der Waals surface area (Å²) in [5.74, 6) is 0.401. The highest BCUT2D eigenvalue weighted by molar-refractivity contribution is 6.31. The van der Waals surface area contributed by atoms with E-state index in [9.17, 15) is 4.79 Å². The maximum atomic E-state index is 12.3. The summed E-state index contributed by atoms with van der Waals surface area (Å²) < 4.78 is 11.0. The number of fused-ring (bicyclic) bond motifs is 1. The smallest absolute Gasteiger partial charge is 0.190 e. The van der Waals surface area contributed by atoms with E-state index >= 15 is 0 Å². The van der Waals surface area contributed by atoms with Gasteiger partial charge in [0.1, 0.15) is 24.5 Å². The van der Waals surface area contributed by atoms with Crippen LogP contribution in [0.4, 0.5) is 5.69 Å². The largest absolute Gasteiger partial charge is 0.487 e. The van der Waals surface area contributed by atoms with Crippen LogP contribution < -0.4 is 10.1 Å². The Morgan fingerprint density at radius 1 is 1.31 bits per heavy atom. The molecule has 3 rings (SSSR count). The van der Waals surface area contributed by atoms with Crippen LogP contribution in [-0.2, 0) is 11.3 Å². The molecule has 0 amide bonds. The Kier molecular flexibility index (Phi) is 6.80. The summed E-state index contributed by atoms with van der Waals surface area (Å²) in [7, 11) is 1.47. The SMILES string of the molecule is C/C=C\Nc1cc(C)nc2c(OCc3c(Cl)cncc3C(=O)COC)cccc12. The van der Waals surface area contributed by atoms with E-state index in [-0.39, 0.29) is 19.0 Å². The van der Waals surface area contributed by atoms with Crippen molar-refractivity contribution < 1.29 is 14.3 Å². The number of nitrogens with zero attached hydrogens (tertiary/aromatic N) is 2. The Hall–Kier alpha value is -2.96. The van der Waals surface area contributed by atoms with Gasteiger partial charge in [0.25, 0.3) is 0 Å². The first-order valence-corrected chi connectivity index (χ1v) is 9.48. The van der Waals surface area contributed by atoms with Crippen LogP contribution in [0.15, 0.2) is 48.9 Å². The number of rotatable bonds is 8. The van der Waals surface area contributed by atoms with Crippen LogP contribution in [-0.4, -0.2) is 29.5 Å². The predicted octanol–water partition coefficient (Wildman–Crippen LogP) is 4.95. The number of ether oxygens (including phenoxy) is 2. The summed E-state index contributed by atoms with van der Waals surface area (Å²) in [4.78, 5) is 21.0. The van der Waals surface area contributed by atoms with Gasteiger partial charge in [-0.1, -0.05) is 29.8 Å². The summed E-state index contributed by atoms with van der Waals surface area (Å²) >= 11 is 6.30. The second-order valence-electron chi connectivity index (χ2n) is 6.40. The van der Waals surface area contributed by atoms with Crippen molar-refractivity contribution in [2.45, 2.75) is 20.5 Å². The van der Waals surface area contributed by atoms with Crippen LogP contribution in [0.3, 0.4) is 0 Å². The standard InChI is InChI=1S/C22H22ClN3O3/c1-4-8-25-19-9-14(2)26-22-15(19)6-5-7-21(22)29-12-17-16(20(27)13-28-3)10-24-11-18(17)23/h4-11H,12-13H2,1-3H3,(H,25,26)/b8-4-. The number of nitrogens with one attached hydrogen (secondary N) is 1. The highest BCUT2D eigenvalue weighted by atomic mass is 35.5. The minimum atomic E-state index is -0.203. The summed E-state index contributed by atoms with van der Waals surface area (Å²) in [6, 6.07) is 7.71. The van der Waals surface area contributed by atoms with Crippen molar-refractivity contribution in [1.82, 2.24) is 9.97 Å². The molecule has 0 unspecified atom stereocenters. The first-order valence-electron chi connectivity index (χ1n) is 9.10. The lowest BCUT2D eigenvalue weighted by molar-refractivity contribution is 0.0845. The number of aromatic nitrogens is 2. The number of anilines is 1. The van der Waals surface area contributed by atoms with Crippen molar-refractivity contribution in [3.63, 3.8) is 0 Å². The van der Waals surface area contributed by atoms with Crippen LogP contribution in [0, 0.1) is 6.92 Å². The normalized spacial score (nSPS) is 11.2. The van der Waals surface area contributed by atoms with Gasteiger partial charge in [0.15, 0.2) is 5.78 Å². The molecule has 0 saturated heterocycles. The molecule has 0 aliphatic carbocycles. The van der Waals surface area contributed by atoms with E-state index in [4.69, 9.17) is 21.1 Å². The number of halogens is 1. The van der Waals surface area contributed by atoms with Gasteiger partial charge in [-0.05, 0) is 32.2 Å². The zero-order valence-electron chi connectivity index (χ0n) is 16.5. The summed E-state index contributed by atoms with van der Waals surface area (Å²) in [5.41, 5.74) is 3.49. The second-order valence-corrected chi connectivity index (χ2v) is 6.81. The number of Topliss-reactive ketones (excluding diaryl/α,β-unsaturated/α-hetero) is 1. The van der Waals surface area contributed by atoms with Crippen LogP contribution in [0.2, 0.25) is 5.02 Å². The average molecular weight is 412 g/mol. The van der Waals surface area contributed by atoms with Gasteiger partial charge in [0.2, 0.25) is 0 Å². The number of aryl methyl sites for hydroxylation is 1. The first kappa shape index (κ1) is 20.8. The van der Waals surface area contributed by atoms with Crippen LogP contribution in [0.1, 0.15) is 28.5 Å². The molecule has 0 saturated carbocycles. The molecule has 0 bridgehead atoms. The molecule has 0 aliphatic heterocycles. The third-order valence-electron chi connectivity index (χ3n) is 4.29. The van der Waals surface area contributed by atoms with E-state index in [1.165, 1.54) is 19.5 Å². The molecule has 7 heteroatoms. The van der Waals surface area contributed by atoms with Crippen LogP contribution in [0.25, 0.3) is 10.9 Å². The molecule has 3 aromatic rings. The van der Waals surface area contributed by atoms with E-state index in [1.807, 2.05) is 50.4 Å². The lowest BCUT2D eigenvalue weighted by Gasteiger charge is -2.14. The van der Waals surface area contributed by atoms with Crippen molar-refractivity contribution in [2.24, 2.45) is 0 Å². The molecule has 0 spiro atoms. The lowest BCUT2D eigenvalue weighted by Crippen LogP contribution is -2.12. The Labute approximate surface area is 174 Å². The van der Waals surface area contributed by atoms with E-state index in [1.54, 1.807) is 0 Å². The number of methoxy groups -OCH3 is 1. The summed E-state index contributed by atoms with van der Waals surface area (Å²) in [6.07, 6.45) is 6.77. The quantitative estimate of drug-likeness (QED) is 0.529. The summed E-state index contributed by atoms with van der Waals surface area (Å²) in [5, 5.41) is 4.56. The number of hydrogen-bond donors (Lipinski definition) is 1. The van der Waals surface area contributed by atoms with Gasteiger partial charge in [0, 0.05) is 47.4 Å². The Morgan fingerprint density at radius 3 is 2.90 bits per heavy atom. The molecule has 0 atom stereocenters. The van der Waals surface area contributed by atoms with Crippen molar-refractivity contribution >= 4 is 34.0 Å². The van der Waals surface area contributed by atoms with Crippen molar-refractivity contribution in [2.75, 3.05) is 19.0 Å². The molecule has 6 nitrogen and oxygen atoms in total. The fourth-order valence-corrected chi connectivity index (χ4v) is 3.18. The maximum absolute atomic E-state index is 12.3. The van der Waals surface area contributed by atoms with Gasteiger partial charge in [-0.15, -0.1) is 0 Å². The molecule has 29 heavy (non-hydrogen) atoms. The monoisotopic (exact) mass is 411 g/mol. The lowest BCUT2D eigenvalue weighted by atomic mass is 10.1. The van der Waals surface area contributed by atoms with E-state index in [0.717, 1.165) is 22.3 Å². The Bertz CT molecular complexity index is 1070. The zero-order chi connectivity index (χ0) is 20.8. The maximum Gasteiger partial charge on any atom is 0.190 e. The fourth-order valence-electron chi connectivity index (χ4n) is 2.97. The Morgan fingerprint density at radius 2 is 2.14 bits per heavy atom. The number of pyridine rings is 2. The minimum absolute atomic E-state index is 0.0516. The molecular formula is C22H22ClN3O3. The van der Waals surface area contributed by atoms with Crippen LogP contribution >= 0.6 is 11.6 Å². The molecule has 1 N–H and O–H groups in total. The molecule has 0 aliphatic rings. The third-order valence-corrected chi connectivity index (χ3v) is 4.61. The number of benzene rings is 1. The fraction of sp³-hybridized carbons (Fsp3) is 0.227. The molecule has 0 fully saturated rings. The van der Waals surface area contributed by atoms with Gasteiger partial charge < -0.3 is 14.8 Å². The van der Waals surface area contributed by atoms with Crippen molar-refractivity contribution in [3.8, 4) is 5.75 Å². The van der Waals surface area contributed by atoms with Gasteiger partial charge in [-0.3, -0.25) is 9.78 Å².